The van der Waals surface area contributed by atoms with E-state index in [1.165, 1.54) is 0 Å². The third-order valence-corrected chi connectivity index (χ3v) is 2.22. The van der Waals surface area contributed by atoms with Gasteiger partial charge in [-0.1, -0.05) is 18.1 Å². The lowest BCUT2D eigenvalue weighted by atomic mass is 9.96. The molecule has 0 amide bonds. The lowest BCUT2D eigenvalue weighted by Crippen LogP contribution is -2.04. The molecule has 1 aromatic rings. The molecule has 0 fully saturated rings. The smallest absolute Gasteiger partial charge is 0.304 e. The van der Waals surface area contributed by atoms with E-state index in [1.54, 1.807) is 14.0 Å². The summed E-state index contributed by atoms with van der Waals surface area (Å²) in [5.74, 6) is 5.30. The minimum Gasteiger partial charge on any atom is -0.497 e. The van der Waals surface area contributed by atoms with Crippen LogP contribution >= 0.6 is 0 Å². The first-order chi connectivity index (χ1) is 7.67. The fourth-order valence-corrected chi connectivity index (χ4v) is 1.44. The summed E-state index contributed by atoms with van der Waals surface area (Å²) in [6.07, 6.45) is 0.0210. The zero-order chi connectivity index (χ0) is 12.0. The predicted molar refractivity (Wildman–Crippen MR) is 61.4 cm³/mol. The van der Waals surface area contributed by atoms with Gasteiger partial charge in [0.15, 0.2) is 0 Å². The van der Waals surface area contributed by atoms with Crippen LogP contribution in [0.15, 0.2) is 24.3 Å². The Kier molecular flexibility index (Phi) is 4.41. The maximum Gasteiger partial charge on any atom is 0.304 e. The number of aliphatic carboxylic acids is 1. The molecule has 3 nitrogen and oxygen atoms in total. The van der Waals surface area contributed by atoms with Gasteiger partial charge in [-0.05, 0) is 24.6 Å². The Bertz CT molecular complexity index is 409. The minimum absolute atomic E-state index is 0.0210. The van der Waals surface area contributed by atoms with Crippen molar-refractivity contribution in [3.8, 4) is 17.6 Å². The molecule has 3 heteroatoms. The Labute approximate surface area is 95.1 Å². The molecular formula is C13H14O3. The van der Waals surface area contributed by atoms with Gasteiger partial charge in [0.1, 0.15) is 5.75 Å². The highest BCUT2D eigenvalue weighted by Gasteiger charge is 2.12. The number of methoxy groups -OCH3 is 1. The van der Waals surface area contributed by atoms with Crippen molar-refractivity contribution in [2.75, 3.05) is 7.11 Å². The molecule has 0 aliphatic carbocycles. The first-order valence-electron chi connectivity index (χ1n) is 4.95. The average molecular weight is 218 g/mol. The van der Waals surface area contributed by atoms with Gasteiger partial charge in [-0.3, -0.25) is 4.79 Å². The van der Waals surface area contributed by atoms with Crippen LogP contribution < -0.4 is 4.74 Å². The SMILES string of the molecule is CC#CC(CC(=O)O)c1ccc(OC)cc1. The molecule has 84 valence electrons. The Balaban J connectivity index is 2.90. The van der Waals surface area contributed by atoms with E-state index in [0.717, 1.165) is 11.3 Å². The second-order valence-corrected chi connectivity index (χ2v) is 3.32. The van der Waals surface area contributed by atoms with Crippen LogP contribution in [0.25, 0.3) is 0 Å². The minimum atomic E-state index is -0.844. The monoisotopic (exact) mass is 218 g/mol. The summed E-state index contributed by atoms with van der Waals surface area (Å²) in [5, 5.41) is 8.78. The third-order valence-electron chi connectivity index (χ3n) is 2.22. The number of carbonyl (C=O) groups is 1. The van der Waals surface area contributed by atoms with Crippen LogP contribution in [0.5, 0.6) is 5.75 Å². The molecule has 1 atom stereocenters. The van der Waals surface area contributed by atoms with Crippen molar-refractivity contribution in [1.82, 2.24) is 0 Å². The molecule has 0 radical (unpaired) electrons. The molecule has 0 saturated carbocycles. The highest BCUT2D eigenvalue weighted by molar-refractivity contribution is 5.69. The molecule has 1 unspecified atom stereocenters. The molecule has 1 rings (SSSR count). The summed E-state index contributed by atoms with van der Waals surface area (Å²) in [7, 11) is 1.59. The van der Waals surface area contributed by atoms with E-state index < -0.39 is 5.97 Å². The van der Waals surface area contributed by atoms with Gasteiger partial charge < -0.3 is 9.84 Å². The summed E-state index contributed by atoms with van der Waals surface area (Å²) in [6.45, 7) is 1.71. The van der Waals surface area contributed by atoms with Gasteiger partial charge in [-0.15, -0.1) is 5.92 Å². The van der Waals surface area contributed by atoms with Gasteiger partial charge in [-0.2, -0.15) is 0 Å². The summed E-state index contributed by atoms with van der Waals surface area (Å²) >= 11 is 0. The maximum atomic E-state index is 10.7. The number of hydrogen-bond acceptors (Lipinski definition) is 2. The summed E-state index contributed by atoms with van der Waals surface area (Å²) < 4.78 is 5.04. The van der Waals surface area contributed by atoms with E-state index in [1.807, 2.05) is 24.3 Å². The molecule has 0 saturated heterocycles. The molecule has 0 aliphatic rings. The highest BCUT2D eigenvalue weighted by Crippen LogP contribution is 2.21. The molecule has 0 heterocycles. The number of benzene rings is 1. The van der Waals surface area contributed by atoms with Crippen molar-refractivity contribution >= 4 is 5.97 Å². The molecule has 16 heavy (non-hydrogen) atoms. The van der Waals surface area contributed by atoms with Crippen LogP contribution in [0.3, 0.4) is 0 Å². The topological polar surface area (TPSA) is 46.5 Å². The largest absolute Gasteiger partial charge is 0.497 e. The quantitative estimate of drug-likeness (QED) is 0.788. The number of carboxylic acid groups (broad SMARTS) is 1. The number of rotatable bonds is 4. The van der Waals surface area contributed by atoms with Crippen LogP contribution in [0.1, 0.15) is 24.8 Å². The second kappa shape index (κ2) is 5.82. The zero-order valence-electron chi connectivity index (χ0n) is 9.36. The van der Waals surface area contributed by atoms with E-state index in [2.05, 4.69) is 11.8 Å². The van der Waals surface area contributed by atoms with Crippen LogP contribution in [0.2, 0.25) is 0 Å². The second-order valence-electron chi connectivity index (χ2n) is 3.32. The Morgan fingerprint density at radius 2 is 2.06 bits per heavy atom. The van der Waals surface area contributed by atoms with Crippen LogP contribution in [0.4, 0.5) is 0 Å². The van der Waals surface area contributed by atoms with Gasteiger partial charge in [0.05, 0.1) is 19.4 Å². The number of carboxylic acids is 1. The van der Waals surface area contributed by atoms with Crippen molar-refractivity contribution in [3.63, 3.8) is 0 Å². The van der Waals surface area contributed by atoms with Gasteiger partial charge in [0, 0.05) is 0 Å². The standard InChI is InChI=1S/C13H14O3/c1-3-4-11(9-13(14)15)10-5-7-12(16-2)8-6-10/h5-8,11H,9H2,1-2H3,(H,14,15). The summed E-state index contributed by atoms with van der Waals surface area (Å²) in [5.41, 5.74) is 0.901. The average Bonchev–Trinajstić information content (AvgIpc) is 2.28. The van der Waals surface area contributed by atoms with E-state index in [4.69, 9.17) is 9.84 Å². The van der Waals surface area contributed by atoms with Crippen molar-refractivity contribution in [3.05, 3.63) is 29.8 Å². The van der Waals surface area contributed by atoms with E-state index in [9.17, 15) is 4.79 Å². The normalized spacial score (nSPS) is 11.1. The Morgan fingerprint density at radius 1 is 1.44 bits per heavy atom. The lowest BCUT2D eigenvalue weighted by molar-refractivity contribution is -0.137. The van der Waals surface area contributed by atoms with Gasteiger partial charge in [-0.25, -0.2) is 0 Å². The summed E-state index contributed by atoms with van der Waals surface area (Å²) in [6, 6.07) is 7.30. The zero-order valence-corrected chi connectivity index (χ0v) is 9.36. The summed E-state index contributed by atoms with van der Waals surface area (Å²) in [4.78, 5) is 10.7. The van der Waals surface area contributed by atoms with Gasteiger partial charge >= 0.3 is 5.97 Å². The molecule has 1 N–H and O–H groups in total. The molecule has 0 aromatic heterocycles. The fourth-order valence-electron chi connectivity index (χ4n) is 1.44. The molecule has 0 spiro atoms. The maximum absolute atomic E-state index is 10.7. The molecular weight excluding hydrogens is 204 g/mol. The van der Waals surface area contributed by atoms with Crippen LogP contribution in [0, 0.1) is 11.8 Å². The van der Waals surface area contributed by atoms with Crippen LogP contribution in [-0.2, 0) is 4.79 Å². The molecule has 0 aliphatic heterocycles. The highest BCUT2D eigenvalue weighted by atomic mass is 16.5. The number of hydrogen-bond donors (Lipinski definition) is 1. The van der Waals surface area contributed by atoms with E-state index >= 15 is 0 Å². The van der Waals surface area contributed by atoms with Crippen LogP contribution in [-0.4, -0.2) is 18.2 Å². The van der Waals surface area contributed by atoms with Crippen molar-refractivity contribution in [2.24, 2.45) is 0 Å². The Morgan fingerprint density at radius 3 is 2.50 bits per heavy atom. The van der Waals surface area contributed by atoms with E-state index in [-0.39, 0.29) is 12.3 Å². The van der Waals surface area contributed by atoms with Gasteiger partial charge in [0.2, 0.25) is 0 Å². The first-order valence-corrected chi connectivity index (χ1v) is 4.95. The molecule has 0 bridgehead atoms. The van der Waals surface area contributed by atoms with Crippen molar-refractivity contribution in [1.29, 1.82) is 0 Å². The lowest BCUT2D eigenvalue weighted by Gasteiger charge is -2.09. The first kappa shape index (κ1) is 12.1. The van der Waals surface area contributed by atoms with Crippen molar-refractivity contribution < 1.29 is 14.6 Å². The third kappa shape index (κ3) is 3.32. The predicted octanol–water partition coefficient (Wildman–Crippen LogP) is 2.28. The molecule has 1 aromatic carbocycles. The Hall–Kier alpha value is -1.95. The number of ether oxygens (including phenoxy) is 1. The van der Waals surface area contributed by atoms with Crippen molar-refractivity contribution in [2.45, 2.75) is 19.3 Å². The fraction of sp³-hybridized carbons (Fsp3) is 0.308. The van der Waals surface area contributed by atoms with E-state index in [0.29, 0.717) is 0 Å². The van der Waals surface area contributed by atoms with Gasteiger partial charge in [0.25, 0.3) is 0 Å².